The number of hydrogen-bond donors (Lipinski definition) is 4. The summed E-state index contributed by atoms with van der Waals surface area (Å²) in [5.41, 5.74) is 0.619. The molecule has 0 spiro atoms. The van der Waals surface area contributed by atoms with E-state index in [1.807, 2.05) is 0 Å². The van der Waals surface area contributed by atoms with Crippen molar-refractivity contribution < 1.29 is 19.2 Å². The first kappa shape index (κ1) is 14.5. The van der Waals surface area contributed by atoms with Crippen LogP contribution in [-0.4, -0.2) is 49.8 Å². The topological polar surface area (TPSA) is 146 Å². The minimum Gasteiger partial charge on any atom is -0.480 e. The summed E-state index contributed by atoms with van der Waals surface area (Å²) in [6.45, 7) is 0.254. The highest BCUT2D eigenvalue weighted by Gasteiger charge is 2.20. The first-order chi connectivity index (χ1) is 10.1. The Bertz CT molecular complexity index is 568. The van der Waals surface area contributed by atoms with Gasteiger partial charge in [-0.05, 0) is 0 Å². The van der Waals surface area contributed by atoms with E-state index in [2.05, 4.69) is 30.7 Å². The van der Waals surface area contributed by atoms with Gasteiger partial charge in [0.05, 0.1) is 6.33 Å². The Morgan fingerprint density at radius 1 is 1.48 bits per heavy atom. The van der Waals surface area contributed by atoms with Crippen LogP contribution >= 0.6 is 0 Å². The van der Waals surface area contributed by atoms with E-state index < -0.39 is 18.0 Å². The van der Waals surface area contributed by atoms with E-state index in [-0.39, 0.29) is 13.0 Å². The molecule has 2 amide bonds. The van der Waals surface area contributed by atoms with E-state index in [0.717, 1.165) is 0 Å². The smallest absolute Gasteiger partial charge is 0.326 e. The molecule has 112 valence electrons. The van der Waals surface area contributed by atoms with Gasteiger partial charge in [0.2, 0.25) is 5.89 Å². The number of nitrogens with zero attached hydrogens (tertiary/aromatic N) is 3. The van der Waals surface area contributed by atoms with Crippen molar-refractivity contribution in [3.8, 4) is 0 Å². The summed E-state index contributed by atoms with van der Waals surface area (Å²) < 4.78 is 4.77. The van der Waals surface area contributed by atoms with Crippen molar-refractivity contribution in [3.05, 3.63) is 30.4 Å². The predicted molar refractivity (Wildman–Crippen MR) is 68.3 cm³/mol. The van der Waals surface area contributed by atoms with Crippen LogP contribution in [0.1, 0.15) is 11.6 Å². The zero-order valence-corrected chi connectivity index (χ0v) is 10.9. The molecule has 21 heavy (non-hydrogen) atoms. The number of hydrogen-bond acceptors (Lipinski definition) is 6. The second-order valence-electron chi connectivity index (χ2n) is 4.16. The van der Waals surface area contributed by atoms with Gasteiger partial charge in [-0.15, -0.1) is 0 Å². The number of amides is 2. The third-order valence-electron chi connectivity index (χ3n) is 2.61. The van der Waals surface area contributed by atoms with Crippen LogP contribution < -0.4 is 10.6 Å². The number of aromatic nitrogens is 4. The molecule has 10 nitrogen and oxygen atoms in total. The molecule has 2 rings (SSSR count). The first-order valence-corrected chi connectivity index (χ1v) is 6.15. The average molecular weight is 294 g/mol. The normalized spacial score (nSPS) is 11.8. The van der Waals surface area contributed by atoms with Crippen molar-refractivity contribution in [1.82, 2.24) is 30.7 Å². The van der Waals surface area contributed by atoms with Gasteiger partial charge < -0.3 is 25.2 Å². The molecule has 0 saturated heterocycles. The van der Waals surface area contributed by atoms with Crippen molar-refractivity contribution in [2.24, 2.45) is 0 Å². The van der Waals surface area contributed by atoms with E-state index >= 15 is 0 Å². The van der Waals surface area contributed by atoms with Gasteiger partial charge in [-0.2, -0.15) is 4.98 Å². The quantitative estimate of drug-likeness (QED) is 0.529. The zero-order chi connectivity index (χ0) is 15.1. The highest BCUT2D eigenvalue weighted by atomic mass is 16.5. The van der Waals surface area contributed by atoms with Crippen LogP contribution in [0.2, 0.25) is 0 Å². The monoisotopic (exact) mass is 294 g/mol. The van der Waals surface area contributed by atoms with Crippen LogP contribution in [0.5, 0.6) is 0 Å². The second-order valence-corrected chi connectivity index (χ2v) is 4.16. The highest BCUT2D eigenvalue weighted by Crippen LogP contribution is 1.99. The van der Waals surface area contributed by atoms with Crippen LogP contribution in [0.15, 0.2) is 23.4 Å². The molecule has 0 aliphatic carbocycles. The Hall–Kier alpha value is -2.91. The van der Waals surface area contributed by atoms with Gasteiger partial charge in [0.1, 0.15) is 6.04 Å². The number of rotatable bonds is 7. The van der Waals surface area contributed by atoms with Crippen molar-refractivity contribution in [2.45, 2.75) is 18.9 Å². The number of nitrogens with one attached hydrogen (secondary N) is 3. The van der Waals surface area contributed by atoms with Crippen molar-refractivity contribution in [3.63, 3.8) is 0 Å². The Labute approximate surface area is 119 Å². The molecule has 4 N–H and O–H groups in total. The molecular weight excluding hydrogens is 280 g/mol. The Balaban J connectivity index is 1.76. The summed E-state index contributed by atoms with van der Waals surface area (Å²) in [6.07, 6.45) is 4.70. The summed E-state index contributed by atoms with van der Waals surface area (Å²) in [5, 5.41) is 17.4. The molecule has 0 aliphatic heterocycles. The Morgan fingerprint density at radius 3 is 2.95 bits per heavy atom. The SMILES string of the molecule is O=C(NCCc1ncno1)N[C@H](Cc1cnc[nH]1)C(=O)O. The lowest BCUT2D eigenvalue weighted by Crippen LogP contribution is -2.47. The van der Waals surface area contributed by atoms with Crippen LogP contribution in [0.3, 0.4) is 0 Å². The van der Waals surface area contributed by atoms with Gasteiger partial charge in [-0.1, -0.05) is 5.16 Å². The largest absolute Gasteiger partial charge is 0.480 e. The first-order valence-electron chi connectivity index (χ1n) is 6.15. The van der Waals surface area contributed by atoms with Gasteiger partial charge >= 0.3 is 12.0 Å². The lowest BCUT2D eigenvalue weighted by Gasteiger charge is -2.14. The van der Waals surface area contributed by atoms with Gasteiger partial charge in [0.25, 0.3) is 0 Å². The molecule has 2 aromatic heterocycles. The van der Waals surface area contributed by atoms with Crippen LogP contribution in [0.25, 0.3) is 0 Å². The number of carbonyl (C=O) groups excluding carboxylic acids is 1. The third kappa shape index (κ3) is 4.60. The van der Waals surface area contributed by atoms with E-state index in [4.69, 9.17) is 9.63 Å². The van der Waals surface area contributed by atoms with Gasteiger partial charge in [-0.3, -0.25) is 0 Å². The summed E-state index contributed by atoms with van der Waals surface area (Å²) in [6, 6.07) is -1.63. The van der Waals surface area contributed by atoms with Gasteiger partial charge in [0, 0.05) is 31.3 Å². The molecule has 2 heterocycles. The molecule has 0 radical (unpaired) electrons. The van der Waals surface area contributed by atoms with E-state index in [0.29, 0.717) is 18.0 Å². The van der Waals surface area contributed by atoms with Gasteiger partial charge in [-0.25, -0.2) is 14.6 Å². The fourth-order valence-electron chi connectivity index (χ4n) is 1.61. The van der Waals surface area contributed by atoms with Crippen LogP contribution in [0.4, 0.5) is 4.79 Å². The van der Waals surface area contributed by atoms with E-state index in [1.165, 1.54) is 18.9 Å². The maximum atomic E-state index is 11.6. The van der Waals surface area contributed by atoms with E-state index in [1.54, 1.807) is 0 Å². The average Bonchev–Trinajstić information content (AvgIpc) is 3.10. The Morgan fingerprint density at radius 2 is 2.33 bits per heavy atom. The molecule has 0 aromatic carbocycles. The standard InChI is InChI=1S/C11H14N6O4/c18-10(19)8(3-7-4-12-5-14-7)17-11(20)13-2-1-9-15-6-16-21-9/h4-6,8H,1-3H2,(H,12,14)(H,18,19)(H2,13,17,20)/t8-/m1/s1. The van der Waals surface area contributed by atoms with Crippen molar-refractivity contribution in [2.75, 3.05) is 6.54 Å². The number of H-pyrrole nitrogens is 1. The van der Waals surface area contributed by atoms with Crippen molar-refractivity contribution >= 4 is 12.0 Å². The fraction of sp³-hybridized carbons (Fsp3) is 0.364. The summed E-state index contributed by atoms with van der Waals surface area (Å²) >= 11 is 0. The number of carboxylic acids is 1. The summed E-state index contributed by atoms with van der Waals surface area (Å²) in [4.78, 5) is 33.1. The molecule has 2 aromatic rings. The Kier molecular flexibility index (Phi) is 4.85. The third-order valence-corrected chi connectivity index (χ3v) is 2.61. The predicted octanol–water partition coefficient (Wildman–Crippen LogP) is -0.670. The molecule has 0 bridgehead atoms. The highest BCUT2D eigenvalue weighted by molar-refractivity contribution is 5.82. The second kappa shape index (κ2) is 7.03. The van der Waals surface area contributed by atoms with Crippen LogP contribution in [0, 0.1) is 0 Å². The van der Waals surface area contributed by atoms with E-state index in [9.17, 15) is 9.59 Å². The number of carboxylic acid groups (broad SMARTS) is 1. The molecule has 0 saturated carbocycles. The molecule has 10 heteroatoms. The number of imidazole rings is 1. The molecule has 0 aliphatic rings. The minimum atomic E-state index is -1.13. The maximum Gasteiger partial charge on any atom is 0.326 e. The minimum absolute atomic E-state index is 0.117. The molecule has 0 unspecified atom stereocenters. The van der Waals surface area contributed by atoms with Crippen molar-refractivity contribution in [1.29, 1.82) is 0 Å². The fourth-order valence-corrected chi connectivity index (χ4v) is 1.61. The summed E-state index contributed by atoms with van der Waals surface area (Å²) in [5.74, 6) is -0.737. The molecule has 1 atom stereocenters. The number of aromatic amines is 1. The lowest BCUT2D eigenvalue weighted by molar-refractivity contribution is -0.139. The molecular formula is C11H14N6O4. The van der Waals surface area contributed by atoms with Gasteiger partial charge in [0.15, 0.2) is 6.33 Å². The number of carbonyl (C=O) groups is 2. The number of urea groups is 1. The molecule has 0 fully saturated rings. The lowest BCUT2D eigenvalue weighted by atomic mass is 10.2. The summed E-state index contributed by atoms with van der Waals surface area (Å²) in [7, 11) is 0. The number of aliphatic carboxylic acids is 1. The van der Waals surface area contributed by atoms with Crippen LogP contribution in [-0.2, 0) is 17.6 Å². The zero-order valence-electron chi connectivity index (χ0n) is 10.9. The maximum absolute atomic E-state index is 11.6.